The maximum Gasteiger partial charge on any atom is 0.313 e. The zero-order valence-corrected chi connectivity index (χ0v) is 23.4. The van der Waals surface area contributed by atoms with Crippen molar-refractivity contribution in [3.8, 4) is 6.07 Å². The minimum absolute atomic E-state index is 0.0442. The van der Waals surface area contributed by atoms with Crippen LogP contribution in [0.5, 0.6) is 0 Å². The van der Waals surface area contributed by atoms with Crippen LogP contribution in [0, 0.1) is 29.1 Å². The van der Waals surface area contributed by atoms with Crippen molar-refractivity contribution in [2.75, 3.05) is 13.4 Å². The number of nitrogens with two attached hydrogens (primary N) is 1. The summed E-state index contributed by atoms with van der Waals surface area (Å²) < 4.78 is 16.1. The molecule has 2 aromatic rings. The highest BCUT2D eigenvalue weighted by Crippen LogP contribution is 2.39. The Morgan fingerprint density at radius 3 is 2.59 bits per heavy atom. The van der Waals surface area contributed by atoms with Gasteiger partial charge in [-0.15, -0.1) is 0 Å². The van der Waals surface area contributed by atoms with Crippen molar-refractivity contribution in [1.82, 2.24) is 10.3 Å². The number of aliphatic imine (C=N–C) groups is 1. The highest BCUT2D eigenvalue weighted by molar-refractivity contribution is 6.10. The Balaban J connectivity index is 1.70. The van der Waals surface area contributed by atoms with E-state index in [9.17, 15) is 25.1 Å². The number of rotatable bonds is 10. The fourth-order valence-corrected chi connectivity index (χ4v) is 4.07. The molecule has 41 heavy (non-hydrogen) atoms. The topological polar surface area (TPSA) is 216 Å². The number of hydrogen-bond acceptors (Lipinski definition) is 10. The van der Waals surface area contributed by atoms with Crippen LogP contribution in [0.15, 0.2) is 41.4 Å². The van der Waals surface area contributed by atoms with Gasteiger partial charge in [0.2, 0.25) is 11.5 Å². The molecule has 0 spiro atoms. The molecule has 1 aliphatic heterocycles. The maximum absolute atomic E-state index is 12.8. The first-order valence-corrected chi connectivity index (χ1v) is 12.9. The molecule has 1 fully saturated rings. The quantitative estimate of drug-likeness (QED) is 0.0783. The molecule has 1 saturated heterocycles. The lowest BCUT2D eigenvalue weighted by Gasteiger charge is -2.23. The van der Waals surface area contributed by atoms with E-state index in [1.165, 1.54) is 12.1 Å². The van der Waals surface area contributed by atoms with Crippen LogP contribution in [0.25, 0.3) is 0 Å². The Kier molecular flexibility index (Phi) is 10.1. The minimum atomic E-state index is -2.02. The van der Waals surface area contributed by atoms with E-state index in [2.05, 4.69) is 15.3 Å². The zero-order valence-electron chi connectivity index (χ0n) is 23.4. The zero-order chi connectivity index (χ0) is 30.4. The fourth-order valence-electron chi connectivity index (χ4n) is 4.07. The lowest BCUT2D eigenvalue weighted by Crippen LogP contribution is -2.45. The van der Waals surface area contributed by atoms with Crippen LogP contribution in [0.2, 0.25) is 0 Å². The summed E-state index contributed by atoms with van der Waals surface area (Å²) in [6.45, 7) is 6.33. The number of aryl methyl sites for hydroxylation is 1. The predicted octanol–water partition coefficient (Wildman–Crippen LogP) is 0.766. The number of aromatic amines is 1. The van der Waals surface area contributed by atoms with Gasteiger partial charge in [-0.1, -0.05) is 29.8 Å². The molecule has 7 N–H and O–H groups in total. The SMILES string of the molecule is Cc1ccc(C[C@H](N)C(=O)N/C(=N/C=N)c2ccc([C@]3(C#N)O[C@H](COCOC(=O)C(C)(C)C)[C@@H](O)[C@H]3O)[nH]2)cc1. The molecule has 2 heterocycles. The van der Waals surface area contributed by atoms with Crippen molar-refractivity contribution in [2.45, 2.75) is 64.1 Å². The number of nitrogens with one attached hydrogen (secondary N) is 3. The van der Waals surface area contributed by atoms with Crippen molar-refractivity contribution in [3.63, 3.8) is 0 Å². The number of nitriles is 1. The van der Waals surface area contributed by atoms with Gasteiger partial charge in [-0.05, 0) is 51.8 Å². The Labute approximate surface area is 237 Å². The van der Waals surface area contributed by atoms with Gasteiger partial charge in [0.25, 0.3) is 0 Å². The number of hydrogen-bond donors (Lipinski definition) is 6. The monoisotopic (exact) mass is 568 g/mol. The highest BCUT2D eigenvalue weighted by atomic mass is 16.7. The van der Waals surface area contributed by atoms with E-state index < -0.39 is 54.0 Å². The summed E-state index contributed by atoms with van der Waals surface area (Å²) in [4.78, 5) is 31.5. The van der Waals surface area contributed by atoms with Crippen LogP contribution < -0.4 is 11.1 Å². The lowest BCUT2D eigenvalue weighted by atomic mass is 9.93. The van der Waals surface area contributed by atoms with Gasteiger partial charge in [0, 0.05) is 0 Å². The number of aliphatic hydroxyl groups is 2. The number of amidine groups is 1. The first-order chi connectivity index (χ1) is 19.3. The van der Waals surface area contributed by atoms with E-state index in [0.29, 0.717) is 0 Å². The summed E-state index contributed by atoms with van der Waals surface area (Å²) in [5.41, 5.74) is 5.57. The van der Waals surface area contributed by atoms with Crippen LogP contribution >= 0.6 is 0 Å². The van der Waals surface area contributed by atoms with E-state index in [-0.39, 0.29) is 30.3 Å². The van der Waals surface area contributed by atoms with Gasteiger partial charge in [0.15, 0.2) is 12.6 Å². The number of carbonyl (C=O) groups is 2. The molecule has 13 nitrogen and oxygen atoms in total. The van der Waals surface area contributed by atoms with Crippen LogP contribution in [-0.2, 0) is 35.8 Å². The third-order valence-corrected chi connectivity index (χ3v) is 6.48. The maximum atomic E-state index is 12.8. The Morgan fingerprint density at radius 2 is 1.98 bits per heavy atom. The number of aliphatic hydroxyl groups excluding tert-OH is 2. The second-order valence-electron chi connectivity index (χ2n) is 10.8. The number of nitrogens with zero attached hydrogens (tertiary/aromatic N) is 2. The van der Waals surface area contributed by atoms with Crippen LogP contribution in [0.3, 0.4) is 0 Å². The Morgan fingerprint density at radius 1 is 1.29 bits per heavy atom. The third kappa shape index (κ3) is 7.43. The molecule has 13 heteroatoms. The average Bonchev–Trinajstić information content (AvgIpc) is 3.51. The molecule has 1 aromatic carbocycles. The summed E-state index contributed by atoms with van der Waals surface area (Å²) in [5.74, 6) is -1.08. The molecule has 5 atom stereocenters. The van der Waals surface area contributed by atoms with Crippen LogP contribution in [-0.4, -0.2) is 77.0 Å². The first-order valence-electron chi connectivity index (χ1n) is 12.9. The number of amides is 1. The van der Waals surface area contributed by atoms with Gasteiger partial charge in [-0.25, -0.2) is 4.99 Å². The minimum Gasteiger partial charge on any atom is -0.438 e. The molecular weight excluding hydrogens is 532 g/mol. The molecule has 0 unspecified atom stereocenters. The Hall–Kier alpha value is -3.93. The predicted molar refractivity (Wildman–Crippen MR) is 148 cm³/mol. The molecule has 0 saturated carbocycles. The molecule has 3 rings (SSSR count). The summed E-state index contributed by atoms with van der Waals surface area (Å²) in [7, 11) is 0. The summed E-state index contributed by atoms with van der Waals surface area (Å²) in [6, 6.07) is 11.5. The van der Waals surface area contributed by atoms with Gasteiger partial charge in [-0.3, -0.25) is 15.0 Å². The van der Waals surface area contributed by atoms with Crippen LogP contribution in [0.1, 0.15) is 43.3 Å². The summed E-state index contributed by atoms with van der Waals surface area (Å²) >= 11 is 0. The Bertz CT molecular complexity index is 1310. The standard InChI is InChI=1S/C28H36N6O7/c1-16-5-7-17(8-6-16)11-18(31)25(37)34-24(32-14-30)19-9-10-21(33-19)28(13-29)23(36)22(35)20(41-28)12-39-15-40-26(38)27(2,3)4/h5-10,14,18,20,22-23,33,35-36H,11-12,15,31H2,1-4H3,(H2,30,32,34,37)/t18-,20+,22+,23+,28-/m0/s1. The third-order valence-electron chi connectivity index (χ3n) is 6.48. The molecule has 1 aliphatic rings. The smallest absolute Gasteiger partial charge is 0.313 e. The van der Waals surface area contributed by atoms with Crippen molar-refractivity contribution in [2.24, 2.45) is 16.1 Å². The lowest BCUT2D eigenvalue weighted by molar-refractivity contribution is -0.170. The van der Waals surface area contributed by atoms with Crippen molar-refractivity contribution >= 4 is 24.1 Å². The summed E-state index contributed by atoms with van der Waals surface area (Å²) in [5, 5.41) is 41.4. The normalized spacial score (nSPS) is 23.5. The van der Waals surface area contributed by atoms with Gasteiger partial charge in [-0.2, -0.15) is 5.26 Å². The van der Waals surface area contributed by atoms with Crippen LogP contribution in [0.4, 0.5) is 0 Å². The van der Waals surface area contributed by atoms with Gasteiger partial charge < -0.3 is 40.5 Å². The molecule has 220 valence electrons. The number of carbonyl (C=O) groups excluding carboxylic acids is 2. The van der Waals surface area contributed by atoms with Crippen molar-refractivity contribution in [3.05, 3.63) is 58.9 Å². The van der Waals surface area contributed by atoms with Crippen molar-refractivity contribution < 1.29 is 34.0 Å². The van der Waals surface area contributed by atoms with E-state index in [1.54, 1.807) is 20.8 Å². The number of ether oxygens (including phenoxy) is 3. The van der Waals surface area contributed by atoms with E-state index in [4.69, 9.17) is 25.4 Å². The molecule has 0 aliphatic carbocycles. The largest absolute Gasteiger partial charge is 0.438 e. The van der Waals surface area contributed by atoms with E-state index >= 15 is 0 Å². The van der Waals surface area contributed by atoms with E-state index in [0.717, 1.165) is 17.5 Å². The fraction of sp³-hybridized carbons (Fsp3) is 0.464. The van der Waals surface area contributed by atoms with Gasteiger partial charge in [0.05, 0.1) is 29.5 Å². The molecule has 0 radical (unpaired) electrons. The average molecular weight is 569 g/mol. The molecule has 1 aromatic heterocycles. The molecule has 0 bridgehead atoms. The molecule has 1 amide bonds. The highest BCUT2D eigenvalue weighted by Gasteiger charge is 2.57. The second-order valence-corrected chi connectivity index (χ2v) is 10.8. The van der Waals surface area contributed by atoms with Crippen molar-refractivity contribution in [1.29, 1.82) is 10.7 Å². The van der Waals surface area contributed by atoms with Gasteiger partial charge >= 0.3 is 5.97 Å². The van der Waals surface area contributed by atoms with E-state index in [1.807, 2.05) is 37.3 Å². The summed E-state index contributed by atoms with van der Waals surface area (Å²) in [6.07, 6.45) is -3.31. The number of esters is 1. The first kappa shape index (κ1) is 31.6. The molecular formula is C28H36N6O7. The second kappa shape index (κ2) is 13.2. The number of benzene rings is 1. The number of aromatic nitrogens is 1. The van der Waals surface area contributed by atoms with Gasteiger partial charge in [0.1, 0.15) is 30.7 Å². The number of H-pyrrole nitrogens is 1.